The van der Waals surface area contributed by atoms with Gasteiger partial charge in [0.2, 0.25) is 0 Å². The summed E-state index contributed by atoms with van der Waals surface area (Å²) in [6.45, 7) is 0. The first-order valence-electron chi connectivity index (χ1n) is 5.25. The third-order valence-electron chi connectivity index (χ3n) is 2.53. The van der Waals surface area contributed by atoms with Crippen LogP contribution in [0, 0.1) is 5.82 Å². The summed E-state index contributed by atoms with van der Waals surface area (Å²) in [5.41, 5.74) is 0.762. The molecule has 94 valence electrons. The number of benzene rings is 1. The maximum absolute atomic E-state index is 13.3. The molecule has 0 radical (unpaired) electrons. The molecule has 5 heteroatoms. The maximum Gasteiger partial charge on any atom is 0.126 e. The van der Waals surface area contributed by atoms with Crippen LogP contribution < -0.4 is 4.74 Å². The molecule has 0 spiro atoms. The summed E-state index contributed by atoms with van der Waals surface area (Å²) in [5.74, 6) is -0.0154. The molecule has 1 aromatic carbocycles. The van der Waals surface area contributed by atoms with Gasteiger partial charge in [0.05, 0.1) is 12.8 Å². The van der Waals surface area contributed by atoms with Gasteiger partial charge in [-0.1, -0.05) is 0 Å². The minimum atomic E-state index is -1.05. The molecule has 1 heterocycles. The minimum absolute atomic E-state index is 0.344. The van der Waals surface area contributed by atoms with Crippen LogP contribution in [0.5, 0.6) is 5.75 Å². The first-order valence-corrected chi connectivity index (χ1v) is 6.04. The summed E-state index contributed by atoms with van der Waals surface area (Å²) in [4.78, 5) is 4.08. The van der Waals surface area contributed by atoms with Gasteiger partial charge < -0.3 is 9.84 Å². The third-order valence-corrected chi connectivity index (χ3v) is 3.20. The first kappa shape index (κ1) is 13.0. The summed E-state index contributed by atoms with van der Waals surface area (Å²) < 4.78 is 19.0. The second-order valence-corrected chi connectivity index (χ2v) is 4.51. The topological polar surface area (TPSA) is 42.4 Å². The average Bonchev–Trinajstić information content (AvgIpc) is 2.38. The van der Waals surface area contributed by atoms with Gasteiger partial charge in [-0.3, -0.25) is 4.98 Å². The van der Waals surface area contributed by atoms with E-state index in [1.807, 2.05) is 0 Å². The molecule has 0 aliphatic carbocycles. The number of halogens is 2. The van der Waals surface area contributed by atoms with E-state index in [1.54, 1.807) is 18.3 Å². The summed E-state index contributed by atoms with van der Waals surface area (Å²) in [6.07, 6.45) is 0.515. The summed E-state index contributed by atoms with van der Waals surface area (Å²) in [6, 6.07) is 7.50. The zero-order valence-electron chi connectivity index (χ0n) is 9.60. The molecule has 0 amide bonds. The van der Waals surface area contributed by atoms with E-state index in [0.29, 0.717) is 21.5 Å². The number of pyridine rings is 1. The van der Waals surface area contributed by atoms with E-state index < -0.39 is 11.9 Å². The second kappa shape index (κ2) is 5.46. The van der Waals surface area contributed by atoms with E-state index >= 15 is 0 Å². The average molecular weight is 312 g/mol. The molecular formula is C13H11BrFNO2. The minimum Gasteiger partial charge on any atom is -0.496 e. The number of hydrogen-bond acceptors (Lipinski definition) is 3. The molecule has 0 fully saturated rings. The smallest absolute Gasteiger partial charge is 0.126 e. The Morgan fingerprint density at radius 3 is 2.83 bits per heavy atom. The number of aliphatic hydroxyl groups is 1. The maximum atomic E-state index is 13.3. The zero-order chi connectivity index (χ0) is 13.1. The van der Waals surface area contributed by atoms with Gasteiger partial charge in [0.15, 0.2) is 0 Å². The fraction of sp³-hybridized carbons (Fsp3) is 0.154. The van der Waals surface area contributed by atoms with Crippen molar-refractivity contribution in [1.82, 2.24) is 4.98 Å². The summed E-state index contributed by atoms with van der Waals surface area (Å²) in [7, 11) is 1.47. The zero-order valence-corrected chi connectivity index (χ0v) is 11.2. The normalized spacial score (nSPS) is 12.2. The van der Waals surface area contributed by atoms with Crippen molar-refractivity contribution in [3.8, 4) is 5.75 Å². The predicted octanol–water partition coefficient (Wildman–Crippen LogP) is 3.07. The molecule has 1 atom stereocenters. The van der Waals surface area contributed by atoms with Crippen LogP contribution in [0.1, 0.15) is 17.4 Å². The van der Waals surface area contributed by atoms with E-state index in [0.717, 1.165) is 0 Å². The Kier molecular flexibility index (Phi) is 3.93. The molecule has 18 heavy (non-hydrogen) atoms. The standard InChI is InChI=1S/C13H11BrFNO2/c1-18-11-5-4-8(15)7-9(11)13(17)12-10(14)3-2-6-16-12/h2-7,13,17H,1H3. The lowest BCUT2D eigenvalue weighted by Gasteiger charge is -2.15. The highest BCUT2D eigenvalue weighted by Gasteiger charge is 2.19. The van der Waals surface area contributed by atoms with Crippen LogP contribution in [0.4, 0.5) is 4.39 Å². The van der Waals surface area contributed by atoms with Gasteiger partial charge in [-0.05, 0) is 46.3 Å². The van der Waals surface area contributed by atoms with Crippen LogP contribution in [0.2, 0.25) is 0 Å². The van der Waals surface area contributed by atoms with Crippen molar-refractivity contribution in [3.05, 3.63) is 58.1 Å². The molecule has 0 saturated carbocycles. The number of aromatic nitrogens is 1. The summed E-state index contributed by atoms with van der Waals surface area (Å²) >= 11 is 3.30. The van der Waals surface area contributed by atoms with Crippen molar-refractivity contribution in [3.63, 3.8) is 0 Å². The largest absolute Gasteiger partial charge is 0.496 e. The number of methoxy groups -OCH3 is 1. The highest BCUT2D eigenvalue weighted by atomic mass is 79.9. The van der Waals surface area contributed by atoms with Crippen molar-refractivity contribution in [2.75, 3.05) is 7.11 Å². The van der Waals surface area contributed by atoms with Gasteiger partial charge in [-0.25, -0.2) is 4.39 Å². The lowest BCUT2D eigenvalue weighted by Crippen LogP contribution is -2.05. The Hall–Kier alpha value is -1.46. The second-order valence-electron chi connectivity index (χ2n) is 3.66. The number of hydrogen-bond donors (Lipinski definition) is 1. The van der Waals surface area contributed by atoms with Gasteiger partial charge in [0, 0.05) is 16.2 Å². The number of rotatable bonds is 3. The van der Waals surface area contributed by atoms with Crippen LogP contribution in [0.25, 0.3) is 0 Å². The van der Waals surface area contributed by atoms with Gasteiger partial charge in [-0.2, -0.15) is 0 Å². The van der Waals surface area contributed by atoms with Gasteiger partial charge in [0.25, 0.3) is 0 Å². The van der Waals surface area contributed by atoms with Crippen LogP contribution in [0.15, 0.2) is 41.0 Å². The first-order chi connectivity index (χ1) is 8.63. The Morgan fingerprint density at radius 2 is 2.17 bits per heavy atom. The monoisotopic (exact) mass is 311 g/mol. The molecule has 1 unspecified atom stereocenters. The summed E-state index contributed by atoms with van der Waals surface area (Å²) in [5, 5.41) is 10.3. The molecule has 2 rings (SSSR count). The van der Waals surface area contributed by atoms with Gasteiger partial charge in [-0.15, -0.1) is 0 Å². The molecule has 3 nitrogen and oxygen atoms in total. The van der Waals surface area contributed by atoms with Gasteiger partial charge in [0.1, 0.15) is 17.7 Å². The Balaban J connectivity index is 2.48. The van der Waals surface area contributed by atoms with Crippen molar-refractivity contribution in [1.29, 1.82) is 0 Å². The van der Waals surface area contributed by atoms with Crippen molar-refractivity contribution < 1.29 is 14.2 Å². The highest BCUT2D eigenvalue weighted by molar-refractivity contribution is 9.10. The van der Waals surface area contributed by atoms with E-state index in [4.69, 9.17) is 4.74 Å². The van der Waals surface area contributed by atoms with E-state index in [1.165, 1.54) is 25.3 Å². The lowest BCUT2D eigenvalue weighted by molar-refractivity contribution is 0.208. The van der Waals surface area contributed by atoms with Crippen LogP contribution in [-0.4, -0.2) is 17.2 Å². The van der Waals surface area contributed by atoms with E-state index in [2.05, 4.69) is 20.9 Å². The van der Waals surface area contributed by atoms with Crippen molar-refractivity contribution >= 4 is 15.9 Å². The number of ether oxygens (including phenoxy) is 1. The fourth-order valence-corrected chi connectivity index (χ4v) is 2.14. The highest BCUT2D eigenvalue weighted by Crippen LogP contribution is 2.32. The quantitative estimate of drug-likeness (QED) is 0.947. The number of nitrogens with zero attached hydrogens (tertiary/aromatic N) is 1. The molecule has 0 bridgehead atoms. The molecule has 0 aliphatic rings. The van der Waals surface area contributed by atoms with E-state index in [-0.39, 0.29) is 0 Å². The van der Waals surface area contributed by atoms with Crippen molar-refractivity contribution in [2.24, 2.45) is 0 Å². The van der Waals surface area contributed by atoms with E-state index in [9.17, 15) is 9.50 Å². The number of aliphatic hydroxyl groups excluding tert-OH is 1. The van der Waals surface area contributed by atoms with Crippen LogP contribution in [0.3, 0.4) is 0 Å². The molecule has 2 aromatic rings. The molecular weight excluding hydrogens is 301 g/mol. The third kappa shape index (κ3) is 2.52. The van der Waals surface area contributed by atoms with Crippen LogP contribution in [-0.2, 0) is 0 Å². The predicted molar refractivity (Wildman–Crippen MR) is 69.0 cm³/mol. The Morgan fingerprint density at radius 1 is 1.39 bits per heavy atom. The molecule has 0 saturated heterocycles. The lowest BCUT2D eigenvalue weighted by atomic mass is 10.0. The fourth-order valence-electron chi connectivity index (χ4n) is 1.67. The Bertz CT molecular complexity index is 562. The molecule has 0 aliphatic heterocycles. The van der Waals surface area contributed by atoms with Gasteiger partial charge >= 0.3 is 0 Å². The molecule has 1 aromatic heterocycles. The van der Waals surface area contributed by atoms with Crippen LogP contribution >= 0.6 is 15.9 Å². The van der Waals surface area contributed by atoms with Crippen molar-refractivity contribution in [2.45, 2.75) is 6.10 Å². The Labute approximate surface area is 112 Å². The molecule has 1 N–H and O–H groups in total. The SMILES string of the molecule is COc1ccc(F)cc1C(O)c1ncccc1Br.